The summed E-state index contributed by atoms with van der Waals surface area (Å²) < 4.78 is 5.07. The van der Waals surface area contributed by atoms with Gasteiger partial charge in [0.2, 0.25) is 0 Å². The molecule has 5 nitrogen and oxygen atoms in total. The van der Waals surface area contributed by atoms with Gasteiger partial charge in [0.05, 0.1) is 5.57 Å². The van der Waals surface area contributed by atoms with Crippen molar-refractivity contribution in [2.24, 2.45) is 0 Å². The van der Waals surface area contributed by atoms with Gasteiger partial charge in [0, 0.05) is 33.4 Å². The van der Waals surface area contributed by atoms with Gasteiger partial charge in [0.1, 0.15) is 5.70 Å². The lowest BCUT2D eigenvalue weighted by Gasteiger charge is -2.20. The average Bonchev–Trinajstić information content (AvgIpc) is 3.19. The topological polar surface area (TPSA) is 49.9 Å². The van der Waals surface area contributed by atoms with E-state index in [0.717, 1.165) is 37.1 Å². The molecule has 0 unspecified atom stereocenters. The average molecular weight is 342 g/mol. The summed E-state index contributed by atoms with van der Waals surface area (Å²) in [5.74, 6) is -0.331. The highest BCUT2D eigenvalue weighted by Gasteiger charge is 2.41. The van der Waals surface area contributed by atoms with E-state index in [1.165, 1.54) is 10.5 Å². The molecule has 0 aromatic heterocycles. The monoisotopic (exact) mass is 342 g/mol. The quantitative estimate of drug-likeness (QED) is 0.589. The molecule has 1 aromatic carbocycles. The molecule has 134 valence electrons. The van der Waals surface area contributed by atoms with E-state index >= 15 is 0 Å². The van der Waals surface area contributed by atoms with Gasteiger partial charge < -0.3 is 9.64 Å². The first-order valence-electron chi connectivity index (χ1n) is 8.96. The number of hydrogen-bond acceptors (Lipinski definition) is 4. The minimum Gasteiger partial charge on any atom is -0.385 e. The van der Waals surface area contributed by atoms with E-state index in [2.05, 4.69) is 4.90 Å². The highest BCUT2D eigenvalue weighted by atomic mass is 16.5. The third kappa shape index (κ3) is 3.33. The number of carbonyl (C=O) groups excluding carboxylic acids is 2. The lowest BCUT2D eigenvalue weighted by atomic mass is 9.99. The summed E-state index contributed by atoms with van der Waals surface area (Å²) in [6.45, 7) is 6.70. The zero-order valence-corrected chi connectivity index (χ0v) is 15.3. The fraction of sp³-hybridized carbons (Fsp3) is 0.500. The largest absolute Gasteiger partial charge is 0.385 e. The number of likely N-dealkylation sites (tertiary alicyclic amines) is 1. The van der Waals surface area contributed by atoms with Crippen molar-refractivity contribution in [1.29, 1.82) is 0 Å². The van der Waals surface area contributed by atoms with Crippen LogP contribution in [-0.4, -0.2) is 55.0 Å². The number of methoxy groups -OCH3 is 1. The first-order chi connectivity index (χ1) is 12.0. The van der Waals surface area contributed by atoms with Crippen molar-refractivity contribution in [2.45, 2.75) is 33.1 Å². The minimum absolute atomic E-state index is 0.156. The number of nitrogens with zero attached hydrogens (tertiary/aromatic N) is 2. The molecule has 25 heavy (non-hydrogen) atoms. The van der Waals surface area contributed by atoms with Crippen LogP contribution >= 0.6 is 0 Å². The summed E-state index contributed by atoms with van der Waals surface area (Å²) in [4.78, 5) is 29.5. The Balaban J connectivity index is 2.00. The van der Waals surface area contributed by atoms with Crippen LogP contribution in [0.2, 0.25) is 0 Å². The predicted molar refractivity (Wildman–Crippen MR) is 96.9 cm³/mol. The molecule has 5 heteroatoms. The Kier molecular flexibility index (Phi) is 5.23. The zero-order valence-electron chi connectivity index (χ0n) is 15.3. The van der Waals surface area contributed by atoms with Crippen LogP contribution in [0.1, 0.15) is 36.0 Å². The first kappa shape index (κ1) is 17.7. The second kappa shape index (κ2) is 7.40. The molecule has 0 saturated carbocycles. The Morgan fingerprint density at radius 3 is 2.40 bits per heavy atom. The molecule has 2 aliphatic rings. The number of rotatable bonds is 6. The number of aryl methyl sites for hydroxylation is 2. The fourth-order valence-corrected chi connectivity index (χ4v) is 3.52. The van der Waals surface area contributed by atoms with Gasteiger partial charge in [0.25, 0.3) is 11.8 Å². The number of benzene rings is 1. The molecule has 1 saturated heterocycles. The van der Waals surface area contributed by atoms with Crippen LogP contribution in [0.5, 0.6) is 0 Å². The molecule has 0 atom stereocenters. The summed E-state index contributed by atoms with van der Waals surface area (Å²) in [6, 6.07) is 5.99. The van der Waals surface area contributed by atoms with Gasteiger partial charge in [-0.1, -0.05) is 18.2 Å². The lowest BCUT2D eigenvalue weighted by molar-refractivity contribution is -0.137. The molecular formula is C20H26N2O3. The minimum atomic E-state index is -0.175. The molecule has 0 bridgehead atoms. The van der Waals surface area contributed by atoms with Crippen LogP contribution in [-0.2, 0) is 14.3 Å². The molecule has 2 aliphatic heterocycles. The van der Waals surface area contributed by atoms with Gasteiger partial charge in [-0.3, -0.25) is 14.5 Å². The molecule has 0 radical (unpaired) electrons. The van der Waals surface area contributed by atoms with Crippen LogP contribution < -0.4 is 0 Å². The van der Waals surface area contributed by atoms with E-state index < -0.39 is 0 Å². The van der Waals surface area contributed by atoms with Crippen LogP contribution in [0, 0.1) is 13.8 Å². The van der Waals surface area contributed by atoms with E-state index in [-0.39, 0.29) is 11.8 Å². The number of amides is 2. The van der Waals surface area contributed by atoms with Crippen molar-refractivity contribution in [3.8, 4) is 0 Å². The van der Waals surface area contributed by atoms with Gasteiger partial charge in [-0.2, -0.15) is 0 Å². The molecule has 1 aromatic rings. The van der Waals surface area contributed by atoms with Crippen LogP contribution in [0.4, 0.5) is 0 Å². The molecule has 2 amide bonds. The van der Waals surface area contributed by atoms with Crippen LogP contribution in [0.25, 0.3) is 5.57 Å². The highest BCUT2D eigenvalue weighted by molar-refractivity contribution is 6.35. The Bertz CT molecular complexity index is 718. The number of imide groups is 1. The molecule has 0 aliphatic carbocycles. The number of ether oxygens (including phenoxy) is 1. The summed E-state index contributed by atoms with van der Waals surface area (Å²) in [5.41, 5.74) is 4.30. The van der Waals surface area contributed by atoms with Gasteiger partial charge >= 0.3 is 0 Å². The first-order valence-corrected chi connectivity index (χ1v) is 8.96. The fourth-order valence-electron chi connectivity index (χ4n) is 3.52. The van der Waals surface area contributed by atoms with Crippen molar-refractivity contribution in [3.05, 3.63) is 40.6 Å². The maximum Gasteiger partial charge on any atom is 0.277 e. The standard InChI is InChI=1S/C20H26N2O3/c1-14-7-8-16(13-15(14)2)17-18(21-9-4-5-10-21)20(24)22(19(17)23)11-6-12-25-3/h7-8,13H,4-6,9-12H2,1-3H3. The molecule has 0 spiro atoms. The highest BCUT2D eigenvalue weighted by Crippen LogP contribution is 2.34. The van der Waals surface area contributed by atoms with Crippen molar-refractivity contribution in [1.82, 2.24) is 9.80 Å². The maximum atomic E-state index is 13.1. The van der Waals surface area contributed by atoms with E-state index in [1.54, 1.807) is 7.11 Å². The molecule has 3 rings (SSSR count). The smallest absolute Gasteiger partial charge is 0.277 e. The predicted octanol–water partition coefficient (Wildman–Crippen LogP) is 2.52. The van der Waals surface area contributed by atoms with E-state index in [1.807, 2.05) is 32.0 Å². The lowest BCUT2D eigenvalue weighted by Crippen LogP contribution is -2.35. The van der Waals surface area contributed by atoms with E-state index in [9.17, 15) is 9.59 Å². The Hall–Kier alpha value is -2.14. The third-order valence-corrected chi connectivity index (χ3v) is 5.09. The molecule has 0 N–H and O–H groups in total. The molecule has 1 fully saturated rings. The van der Waals surface area contributed by atoms with E-state index in [4.69, 9.17) is 4.74 Å². The van der Waals surface area contributed by atoms with Gasteiger partial charge in [0.15, 0.2) is 0 Å². The maximum absolute atomic E-state index is 13.1. The van der Waals surface area contributed by atoms with Crippen molar-refractivity contribution < 1.29 is 14.3 Å². The van der Waals surface area contributed by atoms with Gasteiger partial charge in [-0.25, -0.2) is 0 Å². The second-order valence-electron chi connectivity index (χ2n) is 6.83. The Morgan fingerprint density at radius 1 is 1.04 bits per heavy atom. The van der Waals surface area contributed by atoms with Gasteiger partial charge in [-0.05, 0) is 49.8 Å². The van der Waals surface area contributed by atoms with Gasteiger partial charge in [-0.15, -0.1) is 0 Å². The van der Waals surface area contributed by atoms with E-state index in [0.29, 0.717) is 30.8 Å². The Morgan fingerprint density at radius 2 is 1.76 bits per heavy atom. The molecular weight excluding hydrogens is 316 g/mol. The number of hydrogen-bond donors (Lipinski definition) is 0. The second-order valence-corrected chi connectivity index (χ2v) is 6.83. The third-order valence-electron chi connectivity index (χ3n) is 5.09. The summed E-state index contributed by atoms with van der Waals surface area (Å²) in [7, 11) is 1.63. The normalized spacial score (nSPS) is 18.0. The summed E-state index contributed by atoms with van der Waals surface area (Å²) in [5, 5.41) is 0. The zero-order chi connectivity index (χ0) is 18.0. The Labute approximate surface area is 149 Å². The van der Waals surface area contributed by atoms with Crippen LogP contribution in [0.15, 0.2) is 23.9 Å². The van der Waals surface area contributed by atoms with Crippen molar-refractivity contribution in [3.63, 3.8) is 0 Å². The van der Waals surface area contributed by atoms with Crippen molar-refractivity contribution in [2.75, 3.05) is 33.4 Å². The summed E-state index contributed by atoms with van der Waals surface area (Å²) in [6.07, 6.45) is 2.78. The SMILES string of the molecule is COCCCN1C(=O)C(c2ccc(C)c(C)c2)=C(N2CCCC2)C1=O. The summed E-state index contributed by atoms with van der Waals surface area (Å²) >= 11 is 0. The molecule has 2 heterocycles. The van der Waals surface area contributed by atoms with Crippen molar-refractivity contribution >= 4 is 17.4 Å². The van der Waals surface area contributed by atoms with Crippen LogP contribution in [0.3, 0.4) is 0 Å². The number of carbonyl (C=O) groups is 2.